The number of rotatable bonds is 0. The molecule has 2 rings (SSSR count). The topological polar surface area (TPSA) is 26.0 Å². The van der Waals surface area contributed by atoms with Crippen LogP contribution >= 0.6 is 11.6 Å². The van der Waals surface area contributed by atoms with E-state index >= 15 is 0 Å². The van der Waals surface area contributed by atoms with Crippen molar-refractivity contribution in [2.75, 3.05) is 0 Å². The maximum atomic E-state index is 13.3. The molecule has 70 valence electrons. The number of halogens is 2. The Morgan fingerprint density at radius 1 is 1.46 bits per heavy atom. The Kier molecular flexibility index (Phi) is 2.26. The van der Waals surface area contributed by atoms with Gasteiger partial charge in [-0.15, -0.1) is 0 Å². The van der Waals surface area contributed by atoms with Gasteiger partial charge in [0, 0.05) is 11.1 Å². The first-order valence-electron chi connectivity index (χ1n) is 4.42. The maximum absolute atomic E-state index is 13.3. The molecule has 1 unspecified atom stereocenters. The molecule has 0 aliphatic heterocycles. The van der Waals surface area contributed by atoms with Crippen molar-refractivity contribution in [2.24, 2.45) is 5.73 Å². The van der Waals surface area contributed by atoms with E-state index in [0.29, 0.717) is 10.6 Å². The largest absolute Gasteiger partial charge is 0.324 e. The quantitative estimate of drug-likeness (QED) is 0.683. The van der Waals surface area contributed by atoms with Crippen molar-refractivity contribution >= 4 is 11.6 Å². The van der Waals surface area contributed by atoms with Gasteiger partial charge in [-0.25, -0.2) is 4.39 Å². The van der Waals surface area contributed by atoms with Gasteiger partial charge in [0.25, 0.3) is 0 Å². The molecule has 0 saturated carbocycles. The first-order valence-corrected chi connectivity index (χ1v) is 4.80. The Balaban J connectivity index is 2.60. The van der Waals surface area contributed by atoms with E-state index in [4.69, 9.17) is 17.3 Å². The Morgan fingerprint density at radius 2 is 2.23 bits per heavy atom. The van der Waals surface area contributed by atoms with E-state index in [1.165, 1.54) is 6.07 Å². The van der Waals surface area contributed by atoms with Crippen molar-refractivity contribution < 1.29 is 4.39 Å². The standard InChI is InChI=1S/C10H11ClFN/c11-7-4-5-8(12)6-2-1-3-9(13)10(6)7/h4-5,9H,1-3,13H2. The highest BCUT2D eigenvalue weighted by atomic mass is 35.5. The monoisotopic (exact) mass is 199 g/mol. The lowest BCUT2D eigenvalue weighted by Crippen LogP contribution is -2.19. The van der Waals surface area contributed by atoms with Gasteiger partial charge in [0.05, 0.1) is 0 Å². The molecule has 1 aliphatic rings. The van der Waals surface area contributed by atoms with E-state index in [1.54, 1.807) is 6.07 Å². The molecule has 0 saturated heterocycles. The maximum Gasteiger partial charge on any atom is 0.126 e. The third-order valence-electron chi connectivity index (χ3n) is 2.56. The van der Waals surface area contributed by atoms with Gasteiger partial charge in [0.15, 0.2) is 0 Å². The summed E-state index contributed by atoms with van der Waals surface area (Å²) in [6.45, 7) is 0. The van der Waals surface area contributed by atoms with Crippen molar-refractivity contribution in [3.63, 3.8) is 0 Å². The van der Waals surface area contributed by atoms with Gasteiger partial charge in [-0.2, -0.15) is 0 Å². The Morgan fingerprint density at radius 3 is 2.92 bits per heavy atom. The van der Waals surface area contributed by atoms with Crippen LogP contribution in [0.1, 0.15) is 30.0 Å². The Labute approximate surface area is 81.7 Å². The summed E-state index contributed by atoms with van der Waals surface area (Å²) >= 11 is 5.96. The lowest BCUT2D eigenvalue weighted by Gasteiger charge is -2.23. The minimum atomic E-state index is -0.172. The third kappa shape index (κ3) is 1.45. The van der Waals surface area contributed by atoms with Crippen LogP contribution in [-0.2, 0) is 6.42 Å². The van der Waals surface area contributed by atoms with Gasteiger partial charge in [-0.05, 0) is 42.5 Å². The molecule has 0 spiro atoms. The van der Waals surface area contributed by atoms with Crippen molar-refractivity contribution in [1.29, 1.82) is 0 Å². The number of hydrogen-bond donors (Lipinski definition) is 1. The molecular weight excluding hydrogens is 189 g/mol. The first-order chi connectivity index (χ1) is 6.20. The van der Waals surface area contributed by atoms with Crippen molar-refractivity contribution in [2.45, 2.75) is 25.3 Å². The Bertz CT molecular complexity index is 338. The summed E-state index contributed by atoms with van der Waals surface area (Å²) < 4.78 is 13.3. The number of nitrogens with two attached hydrogens (primary N) is 1. The van der Waals surface area contributed by atoms with E-state index in [-0.39, 0.29) is 11.9 Å². The van der Waals surface area contributed by atoms with Crippen LogP contribution in [0.2, 0.25) is 5.02 Å². The normalized spacial score (nSPS) is 21.3. The smallest absolute Gasteiger partial charge is 0.126 e. The second kappa shape index (κ2) is 3.28. The second-order valence-electron chi connectivity index (χ2n) is 3.42. The number of fused-ring (bicyclic) bond motifs is 1. The van der Waals surface area contributed by atoms with E-state index in [1.807, 2.05) is 0 Å². The average molecular weight is 200 g/mol. The van der Waals surface area contributed by atoms with Crippen molar-refractivity contribution in [1.82, 2.24) is 0 Å². The molecule has 1 atom stereocenters. The van der Waals surface area contributed by atoms with E-state index < -0.39 is 0 Å². The fraction of sp³-hybridized carbons (Fsp3) is 0.400. The van der Waals surface area contributed by atoms with Crippen LogP contribution in [-0.4, -0.2) is 0 Å². The molecule has 2 N–H and O–H groups in total. The lowest BCUT2D eigenvalue weighted by molar-refractivity contribution is 0.532. The summed E-state index contributed by atoms with van der Waals surface area (Å²) in [5.41, 5.74) is 7.39. The van der Waals surface area contributed by atoms with Gasteiger partial charge < -0.3 is 5.73 Å². The summed E-state index contributed by atoms with van der Waals surface area (Å²) in [6, 6.07) is 2.91. The zero-order chi connectivity index (χ0) is 9.42. The molecule has 0 heterocycles. The highest BCUT2D eigenvalue weighted by molar-refractivity contribution is 6.31. The molecule has 0 bridgehead atoms. The predicted octanol–water partition coefficient (Wildman–Crippen LogP) is 2.82. The summed E-state index contributed by atoms with van der Waals surface area (Å²) in [7, 11) is 0. The molecule has 0 aromatic heterocycles. The molecule has 3 heteroatoms. The molecule has 13 heavy (non-hydrogen) atoms. The van der Waals surface area contributed by atoms with Crippen LogP contribution in [0.5, 0.6) is 0 Å². The number of hydrogen-bond acceptors (Lipinski definition) is 1. The Hall–Kier alpha value is -0.600. The minimum absolute atomic E-state index is 0.0908. The summed E-state index contributed by atoms with van der Waals surface area (Å²) in [5.74, 6) is -0.172. The van der Waals surface area contributed by atoms with Gasteiger partial charge in [0.2, 0.25) is 0 Å². The van der Waals surface area contributed by atoms with E-state index in [2.05, 4.69) is 0 Å². The van der Waals surface area contributed by atoms with E-state index in [0.717, 1.165) is 24.8 Å². The zero-order valence-electron chi connectivity index (χ0n) is 7.19. The van der Waals surface area contributed by atoms with Gasteiger partial charge in [0.1, 0.15) is 5.82 Å². The zero-order valence-corrected chi connectivity index (χ0v) is 7.94. The van der Waals surface area contributed by atoms with Crippen LogP contribution in [0.15, 0.2) is 12.1 Å². The molecule has 0 fully saturated rings. The fourth-order valence-electron chi connectivity index (χ4n) is 1.91. The van der Waals surface area contributed by atoms with Gasteiger partial charge in [-0.3, -0.25) is 0 Å². The molecule has 1 aromatic carbocycles. The van der Waals surface area contributed by atoms with E-state index in [9.17, 15) is 4.39 Å². The van der Waals surface area contributed by atoms with Gasteiger partial charge >= 0.3 is 0 Å². The highest BCUT2D eigenvalue weighted by Crippen LogP contribution is 2.34. The van der Waals surface area contributed by atoms with Crippen LogP contribution in [0.4, 0.5) is 4.39 Å². The minimum Gasteiger partial charge on any atom is -0.324 e. The SMILES string of the molecule is NC1CCCc2c(F)ccc(Cl)c21. The van der Waals surface area contributed by atoms with Crippen molar-refractivity contribution in [3.05, 3.63) is 34.1 Å². The van der Waals surface area contributed by atoms with Crippen molar-refractivity contribution in [3.8, 4) is 0 Å². The molecule has 1 nitrogen and oxygen atoms in total. The van der Waals surface area contributed by atoms with Crippen LogP contribution in [0.3, 0.4) is 0 Å². The first kappa shape index (κ1) is 8.97. The average Bonchev–Trinajstić information content (AvgIpc) is 2.12. The number of benzene rings is 1. The van der Waals surface area contributed by atoms with Crippen LogP contribution in [0.25, 0.3) is 0 Å². The molecule has 0 amide bonds. The van der Waals surface area contributed by atoms with Crippen LogP contribution in [0, 0.1) is 5.82 Å². The predicted molar refractivity (Wildman–Crippen MR) is 51.3 cm³/mol. The summed E-state index contributed by atoms with van der Waals surface area (Å²) in [6.07, 6.45) is 2.61. The lowest BCUT2D eigenvalue weighted by atomic mass is 9.88. The molecule has 1 aromatic rings. The van der Waals surface area contributed by atoms with Gasteiger partial charge in [-0.1, -0.05) is 11.6 Å². The molecule has 0 radical (unpaired) electrons. The second-order valence-corrected chi connectivity index (χ2v) is 3.83. The highest BCUT2D eigenvalue weighted by Gasteiger charge is 2.22. The van der Waals surface area contributed by atoms with Crippen LogP contribution < -0.4 is 5.73 Å². The summed E-state index contributed by atoms with van der Waals surface area (Å²) in [5, 5.41) is 0.601. The molecule has 1 aliphatic carbocycles. The summed E-state index contributed by atoms with van der Waals surface area (Å²) in [4.78, 5) is 0. The fourth-order valence-corrected chi connectivity index (χ4v) is 2.22. The molecular formula is C10H11ClFN. The third-order valence-corrected chi connectivity index (χ3v) is 2.89.